The van der Waals surface area contributed by atoms with Crippen LogP contribution < -0.4 is 0 Å². The van der Waals surface area contributed by atoms with Crippen molar-refractivity contribution in [1.29, 1.82) is 0 Å². The fourth-order valence-electron chi connectivity index (χ4n) is 2.60. The van der Waals surface area contributed by atoms with E-state index in [2.05, 4.69) is 64.7 Å². The predicted octanol–water partition coefficient (Wildman–Crippen LogP) is 3.12. The molecule has 1 atom stereocenters. The van der Waals surface area contributed by atoms with Gasteiger partial charge in [0.2, 0.25) is 0 Å². The second-order valence-electron chi connectivity index (χ2n) is 7.22. The van der Waals surface area contributed by atoms with Crippen molar-refractivity contribution in [3.8, 4) is 59.7 Å². The van der Waals surface area contributed by atoms with Crippen molar-refractivity contribution >= 4 is 19.8 Å². The van der Waals surface area contributed by atoms with Crippen LogP contribution in [0.15, 0.2) is 0 Å². The Kier molecular flexibility index (Phi) is 19.5. The topological polar surface area (TPSA) is 119 Å². The van der Waals surface area contributed by atoms with Gasteiger partial charge in [-0.25, -0.2) is 9.36 Å². The average Bonchev–Trinajstić information content (AvgIpc) is 2.81. The molecule has 0 aliphatic rings. The summed E-state index contributed by atoms with van der Waals surface area (Å²) < 4.78 is 25.3. The lowest BCUT2D eigenvalue weighted by molar-refractivity contribution is -0.158. The summed E-state index contributed by atoms with van der Waals surface area (Å²) in [7, 11) is -4.80. The van der Waals surface area contributed by atoms with Crippen molar-refractivity contribution in [3.63, 3.8) is 0 Å². The molecule has 0 aliphatic carbocycles. The molecule has 9 heteroatoms. The maximum Gasteiger partial charge on any atom is 0.469 e. The van der Waals surface area contributed by atoms with Crippen LogP contribution in [0.4, 0.5) is 0 Å². The Morgan fingerprint density at radius 2 is 1.37 bits per heavy atom. The number of esters is 2. The highest BCUT2D eigenvalue weighted by Gasteiger charge is 2.22. The molecule has 0 amide bonds. The van der Waals surface area contributed by atoms with Gasteiger partial charge in [-0.05, 0) is 53.8 Å². The summed E-state index contributed by atoms with van der Waals surface area (Å²) in [5.74, 6) is 18.8. The summed E-state index contributed by atoms with van der Waals surface area (Å²) in [6, 6.07) is 0. The van der Waals surface area contributed by atoms with Crippen molar-refractivity contribution in [2.24, 2.45) is 0 Å². The summed E-state index contributed by atoms with van der Waals surface area (Å²) >= 11 is 0. The first-order valence-electron chi connectivity index (χ1n) is 11.3. The standard InChI is InChI=1S/C26H31O8P/c1-3-5-7-9-11-13-15-17-19-21-26(28)34-24(23-33-35(29,30)31)22-32-25(27)20-18-16-14-12-10-8-6-4-2/h2,24H,3,5,7,9,11,13,15,17,19,21-23H2,1H3,(H2,29,30,31)/t24-/m0/s1. The molecule has 0 aromatic rings. The molecule has 0 rings (SSSR count). The quantitative estimate of drug-likeness (QED) is 0.109. The molecule has 2 N–H and O–H groups in total. The number of carbonyl (C=O) groups is 2. The molecule has 0 saturated heterocycles. The first-order chi connectivity index (χ1) is 16.8. The zero-order valence-electron chi connectivity index (χ0n) is 19.9. The smallest absolute Gasteiger partial charge is 0.456 e. The highest BCUT2D eigenvalue weighted by molar-refractivity contribution is 7.46. The van der Waals surface area contributed by atoms with Crippen LogP contribution in [0.3, 0.4) is 0 Å². The molecule has 188 valence electrons. The first-order valence-corrected chi connectivity index (χ1v) is 12.8. The molecule has 35 heavy (non-hydrogen) atoms. The SMILES string of the molecule is C#CC#CC#CC#CC#CC(=O)OC[C@@H](COP(=O)(O)O)OC(=O)CCCCCCCCCCC. The Balaban J connectivity index is 4.48. The molecule has 0 heterocycles. The normalized spacial score (nSPS) is 10.3. The second-order valence-corrected chi connectivity index (χ2v) is 8.46. The van der Waals surface area contributed by atoms with Crippen LogP contribution >= 0.6 is 7.82 Å². The number of rotatable bonds is 16. The van der Waals surface area contributed by atoms with E-state index in [1.54, 1.807) is 0 Å². The lowest BCUT2D eigenvalue weighted by Crippen LogP contribution is -2.29. The Morgan fingerprint density at radius 3 is 1.94 bits per heavy atom. The van der Waals surface area contributed by atoms with Crippen LogP contribution in [0.2, 0.25) is 0 Å². The van der Waals surface area contributed by atoms with E-state index in [0.717, 1.165) is 19.3 Å². The van der Waals surface area contributed by atoms with Crippen molar-refractivity contribution in [2.45, 2.75) is 77.2 Å². The monoisotopic (exact) mass is 502 g/mol. The lowest BCUT2D eigenvalue weighted by atomic mass is 10.1. The third-order valence-corrected chi connectivity index (χ3v) is 4.71. The number of phosphoric acid groups is 1. The third-order valence-electron chi connectivity index (χ3n) is 4.22. The van der Waals surface area contributed by atoms with Gasteiger partial charge in [0.1, 0.15) is 6.61 Å². The molecule has 0 saturated carbocycles. The van der Waals surface area contributed by atoms with Crippen LogP contribution in [-0.4, -0.2) is 41.0 Å². The molecule has 8 nitrogen and oxygen atoms in total. The van der Waals surface area contributed by atoms with E-state index in [9.17, 15) is 14.2 Å². The van der Waals surface area contributed by atoms with Crippen molar-refractivity contribution in [2.75, 3.05) is 13.2 Å². The van der Waals surface area contributed by atoms with E-state index in [0.29, 0.717) is 6.42 Å². The molecule has 0 bridgehead atoms. The van der Waals surface area contributed by atoms with Gasteiger partial charge in [-0.3, -0.25) is 9.32 Å². The number of phosphoric ester groups is 1. The number of hydrogen-bond donors (Lipinski definition) is 2. The summed E-state index contributed by atoms with van der Waals surface area (Å²) in [5.41, 5.74) is 0. The number of carbonyl (C=O) groups excluding carboxylic acids is 2. The molecule has 0 aliphatic heterocycles. The first kappa shape index (κ1) is 31.8. The van der Waals surface area contributed by atoms with E-state index >= 15 is 0 Å². The van der Waals surface area contributed by atoms with Crippen LogP contribution in [0.25, 0.3) is 0 Å². The maximum absolute atomic E-state index is 12.1. The zero-order valence-corrected chi connectivity index (χ0v) is 20.8. The van der Waals surface area contributed by atoms with Crippen LogP contribution in [0.5, 0.6) is 0 Å². The minimum atomic E-state index is -4.80. The number of ether oxygens (including phenoxy) is 2. The van der Waals surface area contributed by atoms with Gasteiger partial charge in [0.05, 0.1) is 6.61 Å². The van der Waals surface area contributed by atoms with Crippen LogP contribution in [0.1, 0.15) is 71.1 Å². The molecule has 0 unspecified atom stereocenters. The van der Waals surface area contributed by atoms with Gasteiger partial charge in [-0.1, -0.05) is 58.3 Å². The van der Waals surface area contributed by atoms with Gasteiger partial charge in [0, 0.05) is 12.3 Å². The maximum atomic E-state index is 12.1. The summed E-state index contributed by atoms with van der Waals surface area (Å²) in [5, 5.41) is 0. The van der Waals surface area contributed by atoms with E-state index in [-0.39, 0.29) is 6.42 Å². The van der Waals surface area contributed by atoms with Crippen molar-refractivity contribution < 1.29 is 37.9 Å². The highest BCUT2D eigenvalue weighted by atomic mass is 31.2. The lowest BCUT2D eigenvalue weighted by Gasteiger charge is -2.17. The molecule has 0 fully saturated rings. The minimum Gasteiger partial charge on any atom is -0.456 e. The Hall–Kier alpha value is -3.15. The van der Waals surface area contributed by atoms with Crippen LogP contribution in [-0.2, 0) is 28.2 Å². The fourth-order valence-corrected chi connectivity index (χ4v) is 2.96. The number of terminal acetylenes is 1. The molecule has 0 spiro atoms. The van der Waals surface area contributed by atoms with Crippen LogP contribution in [0, 0.1) is 59.7 Å². The zero-order chi connectivity index (χ0) is 26.2. The number of hydrogen-bond acceptors (Lipinski definition) is 6. The van der Waals surface area contributed by atoms with Gasteiger partial charge < -0.3 is 19.3 Å². The summed E-state index contributed by atoms with van der Waals surface area (Å²) in [6.45, 7) is 1.03. The van der Waals surface area contributed by atoms with Gasteiger partial charge in [-0.2, -0.15) is 0 Å². The van der Waals surface area contributed by atoms with Gasteiger partial charge in [0.25, 0.3) is 0 Å². The van der Waals surface area contributed by atoms with E-state index < -0.39 is 39.1 Å². The molecule has 0 aromatic heterocycles. The van der Waals surface area contributed by atoms with Gasteiger partial charge in [0.15, 0.2) is 6.10 Å². The summed E-state index contributed by atoms with van der Waals surface area (Å²) in [4.78, 5) is 41.5. The van der Waals surface area contributed by atoms with E-state index in [1.807, 2.05) is 0 Å². The highest BCUT2D eigenvalue weighted by Crippen LogP contribution is 2.35. The Morgan fingerprint density at radius 1 is 0.829 bits per heavy atom. The molecule has 0 aromatic carbocycles. The van der Waals surface area contributed by atoms with Crippen molar-refractivity contribution in [3.05, 3.63) is 0 Å². The van der Waals surface area contributed by atoms with Crippen molar-refractivity contribution in [1.82, 2.24) is 0 Å². The van der Waals surface area contributed by atoms with E-state index in [1.165, 1.54) is 32.1 Å². The van der Waals surface area contributed by atoms with Gasteiger partial charge in [-0.15, -0.1) is 6.42 Å². The minimum absolute atomic E-state index is 0.137. The predicted molar refractivity (Wildman–Crippen MR) is 131 cm³/mol. The average molecular weight is 503 g/mol. The Bertz CT molecular complexity index is 989. The van der Waals surface area contributed by atoms with E-state index in [4.69, 9.17) is 25.7 Å². The molecule has 0 radical (unpaired) electrons. The Labute approximate surface area is 208 Å². The van der Waals surface area contributed by atoms with Gasteiger partial charge >= 0.3 is 19.8 Å². The molecular formula is C26H31O8P. The summed E-state index contributed by atoms with van der Waals surface area (Å²) in [6.07, 6.45) is 13.6. The second kappa shape index (κ2) is 21.4. The largest absolute Gasteiger partial charge is 0.469 e. The molecular weight excluding hydrogens is 471 g/mol. The third kappa shape index (κ3) is 23.8. The number of unbranched alkanes of at least 4 members (excludes halogenated alkanes) is 8. The fraction of sp³-hybridized carbons (Fsp3) is 0.538.